The predicted octanol–water partition coefficient (Wildman–Crippen LogP) is -0.118. The second-order valence-electron chi connectivity index (χ2n) is 2.61. The van der Waals surface area contributed by atoms with Crippen LogP contribution < -0.4 is 5.43 Å². The maximum Gasteiger partial charge on any atom is 0.175 e. The average Bonchev–Trinajstić information content (AvgIpc) is 2.33. The topological polar surface area (TPSA) is 58.5 Å². The van der Waals surface area contributed by atoms with Crippen molar-refractivity contribution in [3.8, 4) is 0 Å². The van der Waals surface area contributed by atoms with Crippen molar-refractivity contribution in [3.05, 3.63) is 0 Å². The Balaban J connectivity index is 2.56. The van der Waals surface area contributed by atoms with Gasteiger partial charge in [0.25, 0.3) is 0 Å². The summed E-state index contributed by atoms with van der Waals surface area (Å²) in [6.45, 7) is 2.93. The van der Waals surface area contributed by atoms with Gasteiger partial charge in [-0.3, -0.25) is 15.0 Å². The van der Waals surface area contributed by atoms with Crippen LogP contribution >= 0.6 is 0 Å². The lowest BCUT2D eigenvalue weighted by Crippen LogP contribution is -2.27. The highest BCUT2D eigenvalue weighted by atomic mass is 16.1. The number of carbonyl (C=O) groups is 2. The van der Waals surface area contributed by atoms with Crippen LogP contribution in [0.4, 0.5) is 0 Å². The van der Waals surface area contributed by atoms with Crippen molar-refractivity contribution >= 4 is 17.3 Å². The van der Waals surface area contributed by atoms with E-state index in [1.165, 1.54) is 13.8 Å². The molecule has 1 aliphatic rings. The lowest BCUT2D eigenvalue weighted by molar-refractivity contribution is -0.118. The Morgan fingerprint density at radius 2 is 2.18 bits per heavy atom. The maximum atomic E-state index is 10.8. The third-order valence-corrected chi connectivity index (χ3v) is 1.65. The van der Waals surface area contributed by atoms with Gasteiger partial charge in [0.15, 0.2) is 11.6 Å². The molecule has 4 nitrogen and oxygen atoms in total. The van der Waals surface area contributed by atoms with E-state index in [2.05, 4.69) is 10.5 Å². The smallest absolute Gasteiger partial charge is 0.175 e. The van der Waals surface area contributed by atoms with Crippen LogP contribution in [0.15, 0.2) is 5.10 Å². The molecular formula is C7H10N2O2. The van der Waals surface area contributed by atoms with E-state index in [-0.39, 0.29) is 17.6 Å². The first-order valence-electron chi connectivity index (χ1n) is 3.44. The molecule has 1 atom stereocenters. The van der Waals surface area contributed by atoms with Gasteiger partial charge in [-0.15, -0.1) is 0 Å². The number of hydrazone groups is 1. The second-order valence-corrected chi connectivity index (χ2v) is 2.61. The van der Waals surface area contributed by atoms with Crippen LogP contribution in [0.25, 0.3) is 0 Å². The molecule has 1 unspecified atom stereocenters. The summed E-state index contributed by atoms with van der Waals surface area (Å²) >= 11 is 0. The van der Waals surface area contributed by atoms with Crippen molar-refractivity contribution in [3.63, 3.8) is 0 Å². The maximum absolute atomic E-state index is 10.8. The summed E-state index contributed by atoms with van der Waals surface area (Å²) < 4.78 is 0. The molecular weight excluding hydrogens is 144 g/mol. The first kappa shape index (κ1) is 7.91. The third kappa shape index (κ3) is 1.63. The summed E-state index contributed by atoms with van der Waals surface area (Å²) in [6.07, 6.45) is 0.435. The van der Waals surface area contributed by atoms with Crippen LogP contribution in [0.3, 0.4) is 0 Å². The van der Waals surface area contributed by atoms with Crippen LogP contribution in [0.5, 0.6) is 0 Å². The molecule has 1 heterocycles. The number of carbonyl (C=O) groups excluding carboxylic acids is 2. The molecule has 1 aliphatic heterocycles. The normalized spacial score (nSPS) is 22.4. The van der Waals surface area contributed by atoms with Crippen molar-refractivity contribution < 1.29 is 9.59 Å². The standard InChI is InChI=1S/C7H10N2O2/c1-4(10)6-3-7(5(2)11)9-8-6/h6,8H,3H2,1-2H3. The van der Waals surface area contributed by atoms with Gasteiger partial charge in [0.05, 0.1) is 0 Å². The lowest BCUT2D eigenvalue weighted by atomic mass is 10.1. The lowest BCUT2D eigenvalue weighted by Gasteiger charge is -2.01. The summed E-state index contributed by atoms with van der Waals surface area (Å²) in [6, 6.07) is -0.283. The zero-order valence-corrected chi connectivity index (χ0v) is 6.55. The molecule has 0 aromatic carbocycles. The molecule has 60 valence electrons. The Morgan fingerprint density at radius 3 is 2.45 bits per heavy atom. The van der Waals surface area contributed by atoms with E-state index < -0.39 is 0 Å². The van der Waals surface area contributed by atoms with Crippen molar-refractivity contribution in [2.75, 3.05) is 0 Å². The molecule has 0 aromatic heterocycles. The van der Waals surface area contributed by atoms with Gasteiger partial charge in [0.1, 0.15) is 11.8 Å². The van der Waals surface area contributed by atoms with Crippen LogP contribution in [-0.4, -0.2) is 23.3 Å². The van der Waals surface area contributed by atoms with Crippen molar-refractivity contribution in [2.45, 2.75) is 26.3 Å². The van der Waals surface area contributed by atoms with E-state index in [1.807, 2.05) is 0 Å². The average molecular weight is 154 g/mol. The molecule has 11 heavy (non-hydrogen) atoms. The minimum Gasteiger partial charge on any atom is -0.299 e. The summed E-state index contributed by atoms with van der Waals surface area (Å²) in [7, 11) is 0. The minimum absolute atomic E-state index is 0.0185. The molecule has 0 saturated heterocycles. The molecule has 0 aliphatic carbocycles. The molecule has 0 aromatic rings. The Kier molecular flexibility index (Phi) is 2.03. The number of rotatable bonds is 2. The van der Waals surface area contributed by atoms with Gasteiger partial charge in [0, 0.05) is 13.3 Å². The molecule has 0 fully saturated rings. The van der Waals surface area contributed by atoms with Crippen LogP contribution in [0.1, 0.15) is 20.3 Å². The first-order chi connectivity index (χ1) is 5.11. The zero-order valence-electron chi connectivity index (χ0n) is 6.55. The molecule has 0 amide bonds. The fraction of sp³-hybridized carbons (Fsp3) is 0.571. The van der Waals surface area contributed by atoms with E-state index in [0.29, 0.717) is 12.1 Å². The number of nitrogens with zero attached hydrogens (tertiary/aromatic N) is 1. The van der Waals surface area contributed by atoms with Crippen LogP contribution in [0.2, 0.25) is 0 Å². The van der Waals surface area contributed by atoms with Crippen LogP contribution in [0, 0.1) is 0 Å². The van der Waals surface area contributed by atoms with Gasteiger partial charge >= 0.3 is 0 Å². The predicted molar refractivity (Wildman–Crippen MR) is 40.3 cm³/mol. The molecule has 0 radical (unpaired) electrons. The van der Waals surface area contributed by atoms with E-state index in [0.717, 1.165) is 0 Å². The highest BCUT2D eigenvalue weighted by Gasteiger charge is 2.23. The van der Waals surface area contributed by atoms with Crippen LogP contribution in [-0.2, 0) is 9.59 Å². The first-order valence-corrected chi connectivity index (χ1v) is 3.44. The number of ketones is 2. The fourth-order valence-corrected chi connectivity index (χ4v) is 0.898. The second kappa shape index (κ2) is 2.82. The number of nitrogens with one attached hydrogen (secondary N) is 1. The summed E-state index contributed by atoms with van der Waals surface area (Å²) in [4.78, 5) is 21.5. The van der Waals surface area contributed by atoms with Gasteiger partial charge < -0.3 is 0 Å². The summed E-state index contributed by atoms with van der Waals surface area (Å²) in [5, 5.41) is 3.73. The van der Waals surface area contributed by atoms with Crippen molar-refractivity contribution in [1.82, 2.24) is 5.43 Å². The van der Waals surface area contributed by atoms with Crippen molar-refractivity contribution in [2.24, 2.45) is 5.10 Å². The number of hydrogen-bond acceptors (Lipinski definition) is 4. The zero-order chi connectivity index (χ0) is 8.43. The Labute approximate surface area is 64.7 Å². The SMILES string of the molecule is CC(=O)C1=NNC(C(C)=O)C1. The van der Waals surface area contributed by atoms with Gasteiger partial charge in [-0.1, -0.05) is 0 Å². The van der Waals surface area contributed by atoms with Gasteiger partial charge in [-0.2, -0.15) is 5.10 Å². The van der Waals surface area contributed by atoms with E-state index in [1.54, 1.807) is 0 Å². The van der Waals surface area contributed by atoms with E-state index in [9.17, 15) is 9.59 Å². The molecule has 0 saturated carbocycles. The monoisotopic (exact) mass is 154 g/mol. The summed E-state index contributed by atoms with van der Waals surface area (Å²) in [5.41, 5.74) is 3.07. The highest BCUT2D eigenvalue weighted by molar-refractivity contribution is 6.39. The summed E-state index contributed by atoms with van der Waals surface area (Å²) in [5.74, 6) is -0.0498. The largest absolute Gasteiger partial charge is 0.299 e. The molecule has 0 bridgehead atoms. The van der Waals surface area contributed by atoms with Gasteiger partial charge in [-0.05, 0) is 6.92 Å². The number of Topliss-reactive ketones (excluding diaryl/α,β-unsaturated/α-hetero) is 2. The molecule has 0 spiro atoms. The minimum atomic E-state index is -0.283. The fourth-order valence-electron chi connectivity index (χ4n) is 0.898. The Hall–Kier alpha value is -1.19. The number of hydrogen-bond donors (Lipinski definition) is 1. The molecule has 4 heteroatoms. The molecule has 1 N–H and O–H groups in total. The Bertz CT molecular complexity index is 233. The third-order valence-electron chi connectivity index (χ3n) is 1.65. The van der Waals surface area contributed by atoms with E-state index in [4.69, 9.17) is 0 Å². The molecule has 1 rings (SSSR count). The van der Waals surface area contributed by atoms with Crippen molar-refractivity contribution in [1.29, 1.82) is 0 Å². The van der Waals surface area contributed by atoms with Gasteiger partial charge in [0.2, 0.25) is 0 Å². The van der Waals surface area contributed by atoms with Gasteiger partial charge in [-0.25, -0.2) is 0 Å². The Morgan fingerprint density at radius 1 is 1.55 bits per heavy atom. The van der Waals surface area contributed by atoms with E-state index >= 15 is 0 Å². The highest BCUT2D eigenvalue weighted by Crippen LogP contribution is 2.04. The quantitative estimate of drug-likeness (QED) is 0.603.